The summed E-state index contributed by atoms with van der Waals surface area (Å²) in [6.45, 7) is 0. The van der Waals surface area contributed by atoms with Crippen molar-refractivity contribution in [2.75, 3.05) is 0 Å². The first-order chi connectivity index (χ1) is 8.06. The van der Waals surface area contributed by atoms with E-state index in [9.17, 15) is 8.78 Å². The van der Waals surface area contributed by atoms with E-state index < -0.39 is 11.6 Å². The van der Waals surface area contributed by atoms with Crippen LogP contribution in [0.2, 0.25) is 0 Å². The van der Waals surface area contributed by atoms with E-state index in [0.717, 1.165) is 21.5 Å². The Bertz CT molecular complexity index is 527. The lowest BCUT2D eigenvalue weighted by atomic mass is 10.0. The highest BCUT2D eigenvalue weighted by Gasteiger charge is 2.13. The summed E-state index contributed by atoms with van der Waals surface area (Å²) in [5.41, 5.74) is 6.27. The fourth-order valence-corrected chi connectivity index (χ4v) is 3.01. The molecule has 5 heteroatoms. The lowest BCUT2D eigenvalue weighted by molar-refractivity contribution is 0.574. The van der Waals surface area contributed by atoms with Crippen molar-refractivity contribution < 1.29 is 8.78 Å². The van der Waals surface area contributed by atoms with Crippen LogP contribution >= 0.6 is 27.3 Å². The predicted molar refractivity (Wildman–Crippen MR) is 69.0 cm³/mol. The smallest absolute Gasteiger partial charge is 0.126 e. The summed E-state index contributed by atoms with van der Waals surface area (Å²) in [4.78, 5) is 0.945. The number of thiophene rings is 1. The van der Waals surface area contributed by atoms with Crippen LogP contribution in [0.15, 0.2) is 34.1 Å². The average molecular weight is 318 g/mol. The Kier molecular flexibility index (Phi) is 3.91. The molecule has 1 nitrogen and oxygen atoms in total. The summed E-state index contributed by atoms with van der Waals surface area (Å²) in [5.74, 6) is -0.863. The molecule has 17 heavy (non-hydrogen) atoms. The molecule has 2 rings (SSSR count). The van der Waals surface area contributed by atoms with Crippen molar-refractivity contribution in [3.63, 3.8) is 0 Å². The molecule has 0 spiro atoms. The summed E-state index contributed by atoms with van der Waals surface area (Å²) in [5, 5.41) is 1.91. The third-order valence-corrected chi connectivity index (χ3v) is 4.23. The summed E-state index contributed by atoms with van der Waals surface area (Å²) in [6.07, 6.45) is 0.288. The first-order valence-corrected chi connectivity index (χ1v) is 6.67. The Labute approximate surface area is 110 Å². The van der Waals surface area contributed by atoms with Gasteiger partial charge in [0, 0.05) is 20.8 Å². The van der Waals surface area contributed by atoms with E-state index in [-0.39, 0.29) is 12.5 Å². The van der Waals surface area contributed by atoms with Crippen molar-refractivity contribution in [1.82, 2.24) is 0 Å². The second-order valence-electron chi connectivity index (χ2n) is 3.71. The van der Waals surface area contributed by atoms with Crippen molar-refractivity contribution in [3.8, 4) is 0 Å². The zero-order chi connectivity index (χ0) is 12.4. The molecule has 0 aliphatic carbocycles. The number of benzene rings is 1. The van der Waals surface area contributed by atoms with Crippen LogP contribution in [0.3, 0.4) is 0 Å². The first-order valence-electron chi connectivity index (χ1n) is 4.99. The van der Waals surface area contributed by atoms with Crippen molar-refractivity contribution in [2.45, 2.75) is 12.5 Å². The maximum Gasteiger partial charge on any atom is 0.126 e. The van der Waals surface area contributed by atoms with Gasteiger partial charge in [-0.05, 0) is 52.2 Å². The number of nitrogens with two attached hydrogens (primary N) is 1. The van der Waals surface area contributed by atoms with Crippen LogP contribution in [0, 0.1) is 11.6 Å². The molecule has 0 aliphatic rings. The maximum atomic E-state index is 13.4. The lowest BCUT2D eigenvalue weighted by Gasteiger charge is -2.10. The molecule has 0 radical (unpaired) electrons. The van der Waals surface area contributed by atoms with Crippen LogP contribution in [-0.2, 0) is 6.42 Å². The molecule has 90 valence electrons. The quantitative estimate of drug-likeness (QED) is 0.908. The van der Waals surface area contributed by atoms with Crippen LogP contribution in [-0.4, -0.2) is 0 Å². The molecule has 1 atom stereocenters. The minimum absolute atomic E-state index is 0.288. The highest BCUT2D eigenvalue weighted by atomic mass is 79.9. The zero-order valence-electron chi connectivity index (χ0n) is 8.79. The first kappa shape index (κ1) is 12.7. The fraction of sp³-hybridized carbons (Fsp3) is 0.167. The minimum Gasteiger partial charge on any atom is -0.323 e. The molecule has 2 aromatic rings. The minimum atomic E-state index is -0.444. The van der Waals surface area contributed by atoms with Gasteiger partial charge in [-0.3, -0.25) is 0 Å². The summed E-state index contributed by atoms with van der Waals surface area (Å²) >= 11 is 4.83. The number of halogens is 3. The van der Waals surface area contributed by atoms with Gasteiger partial charge in [-0.25, -0.2) is 8.78 Å². The SMILES string of the molecule is NC(Cc1cc(F)ccc1F)c1cc(Br)cs1. The van der Waals surface area contributed by atoms with Gasteiger partial charge in [-0.15, -0.1) is 11.3 Å². The third-order valence-electron chi connectivity index (χ3n) is 2.40. The van der Waals surface area contributed by atoms with Crippen molar-refractivity contribution in [3.05, 3.63) is 56.2 Å². The maximum absolute atomic E-state index is 13.4. The molecule has 0 saturated carbocycles. The Hall–Kier alpha value is -0.780. The Balaban J connectivity index is 2.18. The summed E-state index contributed by atoms with van der Waals surface area (Å²) in [7, 11) is 0. The second kappa shape index (κ2) is 5.25. The van der Waals surface area contributed by atoms with E-state index >= 15 is 0 Å². The molecule has 1 aromatic carbocycles. The molecule has 0 fully saturated rings. The fourth-order valence-electron chi connectivity index (χ4n) is 1.56. The van der Waals surface area contributed by atoms with Gasteiger partial charge in [0.25, 0.3) is 0 Å². The van der Waals surface area contributed by atoms with Crippen molar-refractivity contribution in [2.24, 2.45) is 5.73 Å². The highest BCUT2D eigenvalue weighted by Crippen LogP contribution is 2.27. The Morgan fingerprint density at radius 3 is 2.71 bits per heavy atom. The van der Waals surface area contributed by atoms with Gasteiger partial charge >= 0.3 is 0 Å². The highest BCUT2D eigenvalue weighted by molar-refractivity contribution is 9.10. The van der Waals surface area contributed by atoms with Crippen molar-refractivity contribution in [1.29, 1.82) is 0 Å². The molecule has 0 amide bonds. The lowest BCUT2D eigenvalue weighted by Crippen LogP contribution is -2.12. The predicted octanol–water partition coefficient (Wildman–Crippen LogP) is 4.03. The molecular formula is C12H10BrF2NS. The second-order valence-corrected chi connectivity index (χ2v) is 5.57. The van der Waals surface area contributed by atoms with Crippen LogP contribution < -0.4 is 5.73 Å². The van der Waals surface area contributed by atoms with E-state index in [1.54, 1.807) is 0 Å². The molecule has 1 aromatic heterocycles. The van der Waals surface area contributed by atoms with Crippen LogP contribution in [0.4, 0.5) is 8.78 Å². The van der Waals surface area contributed by atoms with Crippen LogP contribution in [0.5, 0.6) is 0 Å². The Morgan fingerprint density at radius 2 is 2.06 bits per heavy atom. The van der Waals surface area contributed by atoms with Gasteiger partial charge in [0.2, 0.25) is 0 Å². The van der Waals surface area contributed by atoms with Crippen molar-refractivity contribution >= 4 is 27.3 Å². The Morgan fingerprint density at radius 1 is 1.29 bits per heavy atom. The zero-order valence-corrected chi connectivity index (χ0v) is 11.2. The van der Waals surface area contributed by atoms with E-state index in [4.69, 9.17) is 5.73 Å². The van der Waals surface area contributed by atoms with E-state index in [0.29, 0.717) is 5.56 Å². The molecule has 0 bridgehead atoms. The third kappa shape index (κ3) is 3.12. The molecule has 1 unspecified atom stereocenters. The molecule has 0 saturated heterocycles. The van der Waals surface area contributed by atoms with Crippen LogP contribution in [0.25, 0.3) is 0 Å². The molecule has 1 heterocycles. The van der Waals surface area contributed by atoms with Gasteiger partial charge in [0.05, 0.1) is 0 Å². The van der Waals surface area contributed by atoms with Gasteiger partial charge in [-0.1, -0.05) is 0 Å². The van der Waals surface area contributed by atoms with Gasteiger partial charge < -0.3 is 5.73 Å². The normalized spacial score (nSPS) is 12.7. The largest absolute Gasteiger partial charge is 0.323 e. The van der Waals surface area contributed by atoms with Gasteiger partial charge in [0.1, 0.15) is 11.6 Å². The van der Waals surface area contributed by atoms with Gasteiger partial charge in [-0.2, -0.15) is 0 Å². The van der Waals surface area contributed by atoms with E-state index in [1.807, 2.05) is 11.4 Å². The molecule has 0 aliphatic heterocycles. The standard InChI is InChI=1S/C12H10BrF2NS/c13-8-5-12(17-6-8)11(16)4-7-3-9(14)1-2-10(7)15/h1-3,5-6,11H,4,16H2. The summed E-state index contributed by atoms with van der Waals surface area (Å²) < 4.78 is 27.4. The number of hydrogen-bond donors (Lipinski definition) is 1. The monoisotopic (exact) mass is 317 g/mol. The van der Waals surface area contributed by atoms with Crippen LogP contribution in [0.1, 0.15) is 16.5 Å². The van der Waals surface area contributed by atoms with E-state index in [2.05, 4.69) is 15.9 Å². The topological polar surface area (TPSA) is 26.0 Å². The van der Waals surface area contributed by atoms with Gasteiger partial charge in [0.15, 0.2) is 0 Å². The van der Waals surface area contributed by atoms with E-state index in [1.165, 1.54) is 17.4 Å². The average Bonchev–Trinajstić information content (AvgIpc) is 2.70. The molecule has 2 N–H and O–H groups in total. The summed E-state index contributed by atoms with van der Waals surface area (Å²) in [6, 6.07) is 5.00. The molecular weight excluding hydrogens is 308 g/mol. The number of rotatable bonds is 3. The number of hydrogen-bond acceptors (Lipinski definition) is 2.